The number of carbonyl (C=O) groups is 1. The molecule has 26 heavy (non-hydrogen) atoms. The van der Waals surface area contributed by atoms with Crippen LogP contribution in [-0.4, -0.2) is 23.0 Å². The SMILES string of the molecule is COc1ccc(C)cc1NC(=O)c1cc(Nc2ccc(C)cc2)ncn1. The van der Waals surface area contributed by atoms with Gasteiger partial charge in [-0.05, 0) is 43.7 Å². The van der Waals surface area contributed by atoms with Crippen molar-refractivity contribution in [2.24, 2.45) is 0 Å². The van der Waals surface area contributed by atoms with Crippen molar-refractivity contribution in [1.82, 2.24) is 9.97 Å². The van der Waals surface area contributed by atoms with Crippen LogP contribution in [0.5, 0.6) is 5.75 Å². The van der Waals surface area contributed by atoms with Crippen molar-refractivity contribution in [1.29, 1.82) is 0 Å². The summed E-state index contributed by atoms with van der Waals surface area (Å²) in [6.07, 6.45) is 1.36. The van der Waals surface area contributed by atoms with E-state index in [4.69, 9.17) is 4.74 Å². The highest BCUT2D eigenvalue weighted by molar-refractivity contribution is 6.04. The number of aryl methyl sites for hydroxylation is 2. The highest BCUT2D eigenvalue weighted by Crippen LogP contribution is 2.25. The second-order valence-electron chi connectivity index (χ2n) is 5.94. The molecule has 1 aromatic heterocycles. The lowest BCUT2D eigenvalue weighted by atomic mass is 10.2. The molecule has 0 saturated heterocycles. The van der Waals surface area contributed by atoms with E-state index in [-0.39, 0.29) is 11.6 Å². The van der Waals surface area contributed by atoms with Gasteiger partial charge in [-0.25, -0.2) is 9.97 Å². The molecule has 0 aliphatic rings. The number of carbonyl (C=O) groups excluding carboxylic acids is 1. The van der Waals surface area contributed by atoms with Crippen molar-refractivity contribution >= 4 is 23.1 Å². The number of nitrogens with zero attached hydrogens (tertiary/aromatic N) is 2. The van der Waals surface area contributed by atoms with Gasteiger partial charge in [0.2, 0.25) is 0 Å². The van der Waals surface area contributed by atoms with Gasteiger partial charge in [0, 0.05) is 11.8 Å². The Morgan fingerprint density at radius 3 is 2.42 bits per heavy atom. The highest BCUT2D eigenvalue weighted by atomic mass is 16.5. The molecule has 1 heterocycles. The van der Waals surface area contributed by atoms with Gasteiger partial charge in [0.05, 0.1) is 12.8 Å². The van der Waals surface area contributed by atoms with Gasteiger partial charge in [-0.1, -0.05) is 23.8 Å². The zero-order valence-corrected chi connectivity index (χ0v) is 14.9. The van der Waals surface area contributed by atoms with Gasteiger partial charge in [0.25, 0.3) is 5.91 Å². The molecule has 2 N–H and O–H groups in total. The normalized spacial score (nSPS) is 10.3. The minimum atomic E-state index is -0.330. The Bertz CT molecular complexity index is 923. The van der Waals surface area contributed by atoms with Crippen LogP contribution >= 0.6 is 0 Å². The average Bonchev–Trinajstić information content (AvgIpc) is 2.64. The number of anilines is 3. The molecule has 3 rings (SSSR count). The lowest BCUT2D eigenvalue weighted by Crippen LogP contribution is -2.15. The van der Waals surface area contributed by atoms with Gasteiger partial charge in [0.1, 0.15) is 23.6 Å². The summed E-state index contributed by atoms with van der Waals surface area (Å²) in [6, 6.07) is 15.1. The minimum Gasteiger partial charge on any atom is -0.495 e. The zero-order valence-electron chi connectivity index (χ0n) is 14.9. The van der Waals surface area contributed by atoms with E-state index in [9.17, 15) is 4.79 Å². The first-order chi connectivity index (χ1) is 12.5. The summed E-state index contributed by atoms with van der Waals surface area (Å²) in [4.78, 5) is 20.8. The maximum absolute atomic E-state index is 12.6. The fourth-order valence-electron chi connectivity index (χ4n) is 2.44. The van der Waals surface area contributed by atoms with Crippen LogP contribution in [0.3, 0.4) is 0 Å². The molecule has 0 saturated carbocycles. The maximum atomic E-state index is 12.6. The number of ether oxygens (including phenoxy) is 1. The lowest BCUT2D eigenvalue weighted by molar-refractivity contribution is 0.102. The number of benzene rings is 2. The van der Waals surface area contributed by atoms with Gasteiger partial charge in [-0.2, -0.15) is 0 Å². The molecule has 0 radical (unpaired) electrons. The van der Waals surface area contributed by atoms with Crippen LogP contribution in [0.15, 0.2) is 54.9 Å². The third-order valence-electron chi connectivity index (χ3n) is 3.83. The van der Waals surface area contributed by atoms with E-state index in [0.29, 0.717) is 17.3 Å². The maximum Gasteiger partial charge on any atom is 0.274 e. The predicted octanol–water partition coefficient (Wildman–Crippen LogP) is 4.10. The number of hydrogen-bond donors (Lipinski definition) is 2. The van der Waals surface area contributed by atoms with E-state index in [1.807, 2.05) is 56.3 Å². The molecular formula is C20H20N4O2. The summed E-state index contributed by atoms with van der Waals surface area (Å²) in [5.74, 6) is 0.810. The minimum absolute atomic E-state index is 0.262. The molecule has 0 aliphatic carbocycles. The summed E-state index contributed by atoms with van der Waals surface area (Å²) < 4.78 is 5.29. The van der Waals surface area contributed by atoms with Crippen molar-refractivity contribution in [2.75, 3.05) is 17.7 Å². The lowest BCUT2D eigenvalue weighted by Gasteiger charge is -2.11. The van der Waals surface area contributed by atoms with Gasteiger partial charge in [0.15, 0.2) is 0 Å². The van der Waals surface area contributed by atoms with E-state index >= 15 is 0 Å². The van der Waals surface area contributed by atoms with Crippen LogP contribution in [0.25, 0.3) is 0 Å². The first kappa shape index (κ1) is 17.4. The largest absolute Gasteiger partial charge is 0.495 e. The topological polar surface area (TPSA) is 76.1 Å². The Kier molecular flexibility index (Phi) is 5.12. The van der Waals surface area contributed by atoms with Crippen molar-refractivity contribution in [3.63, 3.8) is 0 Å². The molecule has 132 valence electrons. The molecule has 0 fully saturated rings. The number of amides is 1. The fourth-order valence-corrected chi connectivity index (χ4v) is 2.44. The van der Waals surface area contributed by atoms with Crippen molar-refractivity contribution in [3.05, 3.63) is 71.7 Å². The summed E-state index contributed by atoms with van der Waals surface area (Å²) in [5, 5.41) is 6.00. The second-order valence-corrected chi connectivity index (χ2v) is 5.94. The van der Waals surface area contributed by atoms with Crippen LogP contribution in [-0.2, 0) is 0 Å². The average molecular weight is 348 g/mol. The molecule has 3 aromatic rings. The predicted molar refractivity (Wildman–Crippen MR) is 102 cm³/mol. The second kappa shape index (κ2) is 7.65. The van der Waals surface area contributed by atoms with Crippen LogP contribution in [0.4, 0.5) is 17.2 Å². The monoisotopic (exact) mass is 348 g/mol. The van der Waals surface area contributed by atoms with Gasteiger partial charge in [-0.3, -0.25) is 4.79 Å². The summed E-state index contributed by atoms with van der Waals surface area (Å²) in [5.41, 5.74) is 3.94. The van der Waals surface area contributed by atoms with Gasteiger partial charge in [-0.15, -0.1) is 0 Å². The van der Waals surface area contributed by atoms with Crippen LogP contribution in [0.1, 0.15) is 21.6 Å². The third kappa shape index (κ3) is 4.16. The van der Waals surface area contributed by atoms with Gasteiger partial charge >= 0.3 is 0 Å². The van der Waals surface area contributed by atoms with E-state index in [1.54, 1.807) is 13.2 Å². The van der Waals surface area contributed by atoms with Crippen LogP contribution < -0.4 is 15.4 Å². The number of aromatic nitrogens is 2. The van der Waals surface area contributed by atoms with E-state index in [1.165, 1.54) is 11.9 Å². The number of rotatable bonds is 5. The molecule has 6 heteroatoms. The Labute approximate surface area is 152 Å². The van der Waals surface area contributed by atoms with E-state index < -0.39 is 0 Å². The van der Waals surface area contributed by atoms with Crippen molar-refractivity contribution < 1.29 is 9.53 Å². The molecule has 1 amide bonds. The molecule has 2 aromatic carbocycles. The quantitative estimate of drug-likeness (QED) is 0.726. The summed E-state index contributed by atoms with van der Waals surface area (Å²) >= 11 is 0. The molecular weight excluding hydrogens is 328 g/mol. The third-order valence-corrected chi connectivity index (χ3v) is 3.83. The van der Waals surface area contributed by atoms with Crippen LogP contribution in [0, 0.1) is 13.8 Å². The fraction of sp³-hybridized carbons (Fsp3) is 0.150. The first-order valence-corrected chi connectivity index (χ1v) is 8.17. The summed E-state index contributed by atoms with van der Waals surface area (Å²) in [6.45, 7) is 3.97. The number of hydrogen-bond acceptors (Lipinski definition) is 5. The van der Waals surface area contributed by atoms with Crippen molar-refractivity contribution in [3.8, 4) is 5.75 Å². The Balaban J connectivity index is 1.78. The number of methoxy groups -OCH3 is 1. The smallest absolute Gasteiger partial charge is 0.274 e. The van der Waals surface area contributed by atoms with Gasteiger partial charge < -0.3 is 15.4 Å². The Morgan fingerprint density at radius 1 is 0.962 bits per heavy atom. The molecule has 0 spiro atoms. The van der Waals surface area contributed by atoms with E-state index in [2.05, 4.69) is 20.6 Å². The highest BCUT2D eigenvalue weighted by Gasteiger charge is 2.12. The van der Waals surface area contributed by atoms with Crippen LogP contribution in [0.2, 0.25) is 0 Å². The standard InChI is InChI=1S/C20H20N4O2/c1-13-4-7-15(8-5-13)23-19-11-17(21-12-22-19)20(25)24-16-10-14(2)6-9-18(16)26-3/h4-12H,1-3H3,(H,24,25)(H,21,22,23). The molecule has 6 nitrogen and oxygen atoms in total. The Morgan fingerprint density at radius 2 is 1.69 bits per heavy atom. The molecule has 0 aliphatic heterocycles. The van der Waals surface area contributed by atoms with Crippen molar-refractivity contribution in [2.45, 2.75) is 13.8 Å². The molecule has 0 unspecified atom stereocenters. The molecule has 0 bridgehead atoms. The Hall–Kier alpha value is -3.41. The van der Waals surface area contributed by atoms with E-state index in [0.717, 1.165) is 11.3 Å². The molecule has 0 atom stereocenters. The first-order valence-electron chi connectivity index (χ1n) is 8.17. The summed E-state index contributed by atoms with van der Waals surface area (Å²) in [7, 11) is 1.56. The number of nitrogens with one attached hydrogen (secondary N) is 2. The zero-order chi connectivity index (χ0) is 18.5.